The van der Waals surface area contributed by atoms with Gasteiger partial charge in [0.25, 0.3) is 0 Å². The maximum absolute atomic E-state index is 13.5. The Balaban J connectivity index is 1.64. The predicted octanol–water partition coefficient (Wildman–Crippen LogP) is 4.31. The first-order chi connectivity index (χ1) is 12.2. The summed E-state index contributed by atoms with van der Waals surface area (Å²) < 4.78 is 0.0157. The van der Waals surface area contributed by atoms with Crippen LogP contribution < -0.4 is 5.32 Å². The Kier molecular flexibility index (Phi) is 5.23. The molecular weight excluding hydrogens is 425 g/mol. The number of carbonyl (C=O) groups excluding carboxylic acids is 1. The molecule has 2 saturated heterocycles. The fourth-order valence-electron chi connectivity index (χ4n) is 4.75. The first kappa shape index (κ1) is 17.6. The van der Waals surface area contributed by atoms with Gasteiger partial charge in [0, 0.05) is 12.6 Å². The van der Waals surface area contributed by atoms with Crippen LogP contribution in [0.2, 0.25) is 0 Å². The molecule has 1 unspecified atom stereocenters. The van der Waals surface area contributed by atoms with Gasteiger partial charge in [-0.1, -0.05) is 72.2 Å². The first-order valence-corrected chi connectivity index (χ1v) is 10.8. The van der Waals surface area contributed by atoms with Gasteiger partial charge in [-0.15, -0.1) is 0 Å². The predicted molar refractivity (Wildman–Crippen MR) is 109 cm³/mol. The van der Waals surface area contributed by atoms with Crippen molar-refractivity contribution in [2.45, 2.75) is 60.6 Å². The summed E-state index contributed by atoms with van der Waals surface area (Å²) in [5, 5.41) is 3.44. The van der Waals surface area contributed by atoms with E-state index in [1.54, 1.807) is 0 Å². The highest BCUT2D eigenvalue weighted by atomic mass is 127. The van der Waals surface area contributed by atoms with Crippen molar-refractivity contribution in [3.05, 3.63) is 35.9 Å². The van der Waals surface area contributed by atoms with Crippen LogP contribution in [-0.2, 0) is 0 Å². The lowest BCUT2D eigenvalue weighted by Gasteiger charge is -2.40. The molecule has 2 amide bonds. The van der Waals surface area contributed by atoms with E-state index in [4.69, 9.17) is 0 Å². The Morgan fingerprint density at radius 2 is 1.72 bits per heavy atom. The first-order valence-electron chi connectivity index (χ1n) is 9.73. The number of amides is 2. The molecule has 4 rings (SSSR count). The number of halogens is 1. The van der Waals surface area contributed by atoms with Gasteiger partial charge in [0.15, 0.2) is 0 Å². The lowest BCUT2D eigenvalue weighted by Crippen LogP contribution is -2.50. The highest BCUT2D eigenvalue weighted by molar-refractivity contribution is 14.1. The van der Waals surface area contributed by atoms with E-state index >= 15 is 0 Å². The molecule has 1 aromatic carbocycles. The molecular formula is C20H28IN3O. The molecule has 25 heavy (non-hydrogen) atoms. The zero-order valence-electron chi connectivity index (χ0n) is 14.8. The third-order valence-corrected chi connectivity index (χ3v) is 7.79. The van der Waals surface area contributed by atoms with Gasteiger partial charge < -0.3 is 15.1 Å². The number of alkyl halides is 1. The fraction of sp³-hybridized carbons (Fsp3) is 0.650. The Morgan fingerprint density at radius 1 is 1.04 bits per heavy atom. The van der Waals surface area contributed by atoms with Gasteiger partial charge in [0.1, 0.15) is 0 Å². The molecule has 2 aliphatic heterocycles. The molecule has 0 aromatic heterocycles. The van der Waals surface area contributed by atoms with Crippen LogP contribution in [0.5, 0.6) is 0 Å². The molecule has 1 aromatic rings. The molecule has 1 aliphatic carbocycles. The Labute approximate surface area is 164 Å². The van der Waals surface area contributed by atoms with Crippen molar-refractivity contribution in [1.29, 1.82) is 0 Å². The summed E-state index contributed by atoms with van der Waals surface area (Å²) in [4.78, 5) is 18.0. The number of rotatable bonds is 3. The summed E-state index contributed by atoms with van der Waals surface area (Å²) in [5.41, 5.74) is 1.28. The van der Waals surface area contributed by atoms with Crippen molar-refractivity contribution in [2.24, 2.45) is 0 Å². The highest BCUT2D eigenvalue weighted by Crippen LogP contribution is 2.45. The number of hydrogen-bond acceptors (Lipinski definition) is 2. The molecule has 3 fully saturated rings. The van der Waals surface area contributed by atoms with Gasteiger partial charge in [0.05, 0.1) is 9.59 Å². The average Bonchev–Trinajstić information content (AvgIpc) is 3.02. The van der Waals surface area contributed by atoms with Crippen molar-refractivity contribution < 1.29 is 4.79 Å². The van der Waals surface area contributed by atoms with Gasteiger partial charge in [-0.25, -0.2) is 4.79 Å². The monoisotopic (exact) mass is 453 g/mol. The second-order valence-corrected chi connectivity index (χ2v) is 9.69. The number of nitrogens with one attached hydrogen (secondary N) is 1. The van der Waals surface area contributed by atoms with Crippen LogP contribution in [0.1, 0.15) is 56.6 Å². The summed E-state index contributed by atoms with van der Waals surface area (Å²) in [6.45, 7) is 2.88. The van der Waals surface area contributed by atoms with Crippen LogP contribution in [-0.4, -0.2) is 45.1 Å². The van der Waals surface area contributed by atoms with Crippen LogP contribution in [0.3, 0.4) is 0 Å². The van der Waals surface area contributed by atoms with E-state index in [0.29, 0.717) is 6.04 Å². The van der Waals surface area contributed by atoms with E-state index in [2.05, 4.69) is 68.0 Å². The highest BCUT2D eigenvalue weighted by Gasteiger charge is 2.49. The average molecular weight is 453 g/mol. The van der Waals surface area contributed by atoms with Crippen LogP contribution in [0, 0.1) is 0 Å². The summed E-state index contributed by atoms with van der Waals surface area (Å²) >= 11 is 2.58. The molecule has 136 valence electrons. The molecule has 0 bridgehead atoms. The molecule has 1 saturated carbocycles. The van der Waals surface area contributed by atoms with Gasteiger partial charge >= 0.3 is 6.03 Å². The second-order valence-electron chi connectivity index (χ2n) is 7.69. The number of urea groups is 1. The number of carbonyl (C=O) groups is 1. The van der Waals surface area contributed by atoms with Crippen molar-refractivity contribution in [1.82, 2.24) is 15.1 Å². The fourth-order valence-corrected chi connectivity index (χ4v) is 5.91. The molecule has 0 spiro atoms. The minimum atomic E-state index is 0.0157. The van der Waals surface area contributed by atoms with Crippen molar-refractivity contribution >= 4 is 28.6 Å². The Morgan fingerprint density at radius 3 is 2.40 bits per heavy atom. The van der Waals surface area contributed by atoms with Crippen molar-refractivity contribution in [3.63, 3.8) is 0 Å². The summed E-state index contributed by atoms with van der Waals surface area (Å²) in [6, 6.07) is 11.5. The van der Waals surface area contributed by atoms with Crippen LogP contribution >= 0.6 is 22.6 Å². The van der Waals surface area contributed by atoms with Crippen LogP contribution in [0.4, 0.5) is 4.79 Å². The third kappa shape index (κ3) is 3.42. The number of benzene rings is 1. The van der Waals surface area contributed by atoms with E-state index < -0.39 is 0 Å². The maximum Gasteiger partial charge on any atom is 0.322 e. The maximum atomic E-state index is 13.5. The van der Waals surface area contributed by atoms with E-state index in [9.17, 15) is 4.79 Å². The summed E-state index contributed by atoms with van der Waals surface area (Å²) in [5.74, 6) is 0. The van der Waals surface area contributed by atoms with E-state index in [1.807, 2.05) is 0 Å². The van der Waals surface area contributed by atoms with Crippen LogP contribution in [0.15, 0.2) is 30.3 Å². The quantitative estimate of drug-likeness (QED) is 0.421. The number of piperidine rings is 1. The minimum absolute atomic E-state index is 0.0157. The van der Waals surface area contributed by atoms with Crippen molar-refractivity contribution in [2.75, 3.05) is 19.6 Å². The Bertz CT molecular complexity index is 596. The van der Waals surface area contributed by atoms with Crippen molar-refractivity contribution in [3.8, 4) is 0 Å². The van der Waals surface area contributed by atoms with Gasteiger partial charge in [-0.3, -0.25) is 0 Å². The third-order valence-electron chi connectivity index (χ3n) is 6.13. The lowest BCUT2D eigenvalue weighted by atomic mass is 9.94. The van der Waals surface area contributed by atoms with Gasteiger partial charge in [-0.2, -0.15) is 0 Å². The summed E-state index contributed by atoms with van der Waals surface area (Å²) in [6.07, 6.45) is 8.22. The van der Waals surface area contributed by atoms with Crippen LogP contribution in [0.25, 0.3) is 0 Å². The SMILES string of the molecule is O=C1N(C2CCNCC2)C(c2ccccc2)CN1C1(I)CCCCC1. The lowest BCUT2D eigenvalue weighted by molar-refractivity contribution is 0.136. The molecule has 5 heteroatoms. The molecule has 2 heterocycles. The van der Waals surface area contributed by atoms with E-state index in [-0.39, 0.29) is 15.6 Å². The molecule has 3 aliphatic rings. The van der Waals surface area contributed by atoms with E-state index in [0.717, 1.165) is 45.3 Å². The standard InChI is InChI=1S/C20H28IN3O/c21-20(11-5-2-6-12-20)23-15-18(16-7-3-1-4-8-16)24(19(23)25)17-9-13-22-14-10-17/h1,3-4,7-8,17-18,22H,2,5-6,9-15H2. The zero-order valence-corrected chi connectivity index (χ0v) is 17.0. The molecule has 1 N–H and O–H groups in total. The zero-order chi connectivity index (χ0) is 17.3. The van der Waals surface area contributed by atoms with E-state index in [1.165, 1.54) is 24.8 Å². The number of nitrogens with zero attached hydrogens (tertiary/aromatic N) is 2. The normalized spacial score (nSPS) is 27.7. The Hall–Kier alpha value is -0.820. The van der Waals surface area contributed by atoms with Gasteiger partial charge in [0.2, 0.25) is 0 Å². The summed E-state index contributed by atoms with van der Waals surface area (Å²) in [7, 11) is 0. The molecule has 1 atom stereocenters. The largest absolute Gasteiger partial charge is 0.322 e. The topological polar surface area (TPSA) is 35.6 Å². The molecule has 0 radical (unpaired) electrons. The number of hydrogen-bond donors (Lipinski definition) is 1. The smallest absolute Gasteiger partial charge is 0.317 e. The second kappa shape index (κ2) is 7.43. The molecule has 4 nitrogen and oxygen atoms in total. The minimum Gasteiger partial charge on any atom is -0.317 e. The van der Waals surface area contributed by atoms with Gasteiger partial charge in [-0.05, 0) is 44.3 Å².